The summed E-state index contributed by atoms with van der Waals surface area (Å²) in [4.78, 5) is 4.78. The fourth-order valence-corrected chi connectivity index (χ4v) is 4.10. The molecule has 3 heteroatoms. The molecule has 2 aromatic carbocycles. The van der Waals surface area contributed by atoms with Gasteiger partial charge in [0.25, 0.3) is 0 Å². The van der Waals surface area contributed by atoms with E-state index >= 15 is 0 Å². The summed E-state index contributed by atoms with van der Waals surface area (Å²) in [5.74, 6) is 1.40. The molecule has 0 spiro atoms. The smallest absolute Gasteiger partial charge is 0.145 e. The van der Waals surface area contributed by atoms with Crippen LogP contribution < -0.4 is 4.74 Å². The van der Waals surface area contributed by atoms with Crippen molar-refractivity contribution in [1.82, 2.24) is 0 Å². The predicted molar refractivity (Wildman–Crippen MR) is 135 cm³/mol. The maximum atomic E-state index is 10.1. The number of nitrogens with zero attached hydrogens (tertiary/aromatic N) is 1. The fraction of sp³-hybridized carbons (Fsp3) is 0.414. The molecule has 2 aromatic rings. The molecule has 3 nitrogen and oxygen atoms in total. The first-order chi connectivity index (χ1) is 15.5. The molecule has 0 saturated heterocycles. The second-order valence-electron chi connectivity index (χ2n) is 8.69. The predicted octanol–water partition coefficient (Wildman–Crippen LogP) is 7.78. The van der Waals surface area contributed by atoms with Gasteiger partial charge in [0.2, 0.25) is 0 Å². The second-order valence-corrected chi connectivity index (χ2v) is 8.69. The van der Waals surface area contributed by atoms with Gasteiger partial charge >= 0.3 is 0 Å². The number of benzene rings is 2. The van der Waals surface area contributed by atoms with Gasteiger partial charge in [0.05, 0.1) is 0 Å². The zero-order valence-corrected chi connectivity index (χ0v) is 20.0. The molecule has 0 heterocycles. The highest BCUT2D eigenvalue weighted by Gasteiger charge is 2.20. The number of unbranched alkanes of at least 4 members (excludes halogenated alkanes) is 1. The van der Waals surface area contributed by atoms with Crippen LogP contribution in [0.4, 0.5) is 0 Å². The van der Waals surface area contributed by atoms with Crippen LogP contribution in [0, 0.1) is 13.8 Å². The molecular weight excluding hydrogens is 394 g/mol. The Balaban J connectivity index is 1.81. The van der Waals surface area contributed by atoms with Crippen LogP contribution in [-0.2, 0) is 6.42 Å². The molecule has 1 unspecified atom stereocenters. The van der Waals surface area contributed by atoms with Gasteiger partial charge in [-0.05, 0) is 92.8 Å². The average Bonchev–Trinajstić information content (AvgIpc) is 2.75. The highest BCUT2D eigenvalue weighted by atomic mass is 16.5. The van der Waals surface area contributed by atoms with Crippen molar-refractivity contribution in [1.29, 1.82) is 0 Å². The molecule has 0 radical (unpaired) electrons. The van der Waals surface area contributed by atoms with Gasteiger partial charge in [0.1, 0.15) is 18.1 Å². The zero-order chi connectivity index (χ0) is 22.9. The maximum absolute atomic E-state index is 10.1. The van der Waals surface area contributed by atoms with Crippen LogP contribution >= 0.6 is 0 Å². The molecule has 0 aromatic heterocycles. The minimum Gasteiger partial charge on any atom is -0.509 e. The first-order valence-electron chi connectivity index (χ1n) is 11.9. The highest BCUT2D eigenvalue weighted by molar-refractivity contribution is 5.56. The fourth-order valence-electron chi connectivity index (χ4n) is 4.10. The highest BCUT2D eigenvalue weighted by Crippen LogP contribution is 2.33. The van der Waals surface area contributed by atoms with Crippen LogP contribution in [-0.4, -0.2) is 17.9 Å². The molecule has 1 N–H and O–H groups in total. The topological polar surface area (TPSA) is 41.8 Å². The number of hydrogen-bond acceptors (Lipinski definition) is 3. The van der Waals surface area contributed by atoms with Crippen molar-refractivity contribution in [3.63, 3.8) is 0 Å². The van der Waals surface area contributed by atoms with Crippen molar-refractivity contribution in [3.8, 4) is 5.75 Å². The van der Waals surface area contributed by atoms with Crippen LogP contribution in [0.2, 0.25) is 0 Å². The number of aliphatic hydroxyl groups is 1. The van der Waals surface area contributed by atoms with Gasteiger partial charge in [0, 0.05) is 17.8 Å². The van der Waals surface area contributed by atoms with Gasteiger partial charge in [-0.1, -0.05) is 49.8 Å². The number of ether oxygens (including phenoxy) is 1. The summed E-state index contributed by atoms with van der Waals surface area (Å²) in [6.07, 6.45) is 10.4. The quantitative estimate of drug-likeness (QED) is 0.308. The largest absolute Gasteiger partial charge is 0.509 e. The normalized spacial score (nSPS) is 15.0. The van der Waals surface area contributed by atoms with Crippen LogP contribution in [0.5, 0.6) is 5.75 Å². The van der Waals surface area contributed by atoms with Crippen molar-refractivity contribution >= 4 is 6.21 Å². The molecule has 0 aliphatic heterocycles. The van der Waals surface area contributed by atoms with Crippen LogP contribution in [0.3, 0.4) is 0 Å². The Labute approximate surface area is 193 Å². The lowest BCUT2D eigenvalue weighted by Crippen LogP contribution is -2.09. The summed E-state index contributed by atoms with van der Waals surface area (Å²) >= 11 is 0. The van der Waals surface area contributed by atoms with Crippen molar-refractivity contribution in [3.05, 3.63) is 87.8 Å². The van der Waals surface area contributed by atoms with Gasteiger partial charge in [-0.2, -0.15) is 0 Å². The summed E-state index contributed by atoms with van der Waals surface area (Å²) in [5.41, 5.74) is 7.52. The first-order valence-corrected chi connectivity index (χ1v) is 11.9. The number of aryl methyl sites for hydroxylation is 1. The molecular formula is C29H37NO2. The lowest BCUT2D eigenvalue weighted by atomic mass is 9.85. The number of aliphatic hydroxyl groups excluding tert-OH is 1. The number of rotatable bonds is 10. The third kappa shape index (κ3) is 6.12. The van der Waals surface area contributed by atoms with E-state index in [1.54, 1.807) is 0 Å². The SMILES string of the molecule is CC=N/C(=C\CCC)C(Cc1ccc(OCC(O)=C2CCC2)cc1)c1cccc(C)c1C. The second kappa shape index (κ2) is 11.7. The summed E-state index contributed by atoms with van der Waals surface area (Å²) in [6.45, 7) is 8.84. The molecule has 3 rings (SSSR count). The van der Waals surface area contributed by atoms with Gasteiger partial charge in [0.15, 0.2) is 0 Å². The lowest BCUT2D eigenvalue weighted by molar-refractivity contribution is 0.260. The van der Waals surface area contributed by atoms with Gasteiger partial charge < -0.3 is 9.84 Å². The zero-order valence-electron chi connectivity index (χ0n) is 20.0. The summed E-state index contributed by atoms with van der Waals surface area (Å²) in [5, 5.41) is 10.1. The molecule has 170 valence electrons. The summed E-state index contributed by atoms with van der Waals surface area (Å²) in [6, 6.07) is 14.8. The number of allylic oxidation sites excluding steroid dienone is 3. The van der Waals surface area contributed by atoms with Crippen LogP contribution in [0.25, 0.3) is 0 Å². The standard InChI is InChI=1S/C29H37NO2/c1-5-7-14-28(30-6-2)27(26-13-8-10-21(3)22(26)4)19-23-15-17-25(18-16-23)32-20-29(31)24-11-9-12-24/h6,8,10,13-18,27,31H,5,7,9,11-12,19-20H2,1-4H3/b28-14-,30-6?. The van der Waals surface area contributed by atoms with Gasteiger partial charge in [-0.15, -0.1) is 0 Å². The van der Waals surface area contributed by atoms with E-state index in [9.17, 15) is 5.11 Å². The minimum absolute atomic E-state index is 0.205. The number of aliphatic imine (C=N–C) groups is 1. The molecule has 1 saturated carbocycles. The Morgan fingerprint density at radius 1 is 1.12 bits per heavy atom. The molecule has 1 fully saturated rings. The third-order valence-electron chi connectivity index (χ3n) is 6.40. The Bertz CT molecular complexity index is 977. The number of hydrogen-bond donors (Lipinski definition) is 1. The van der Waals surface area contributed by atoms with E-state index in [1.807, 2.05) is 25.3 Å². The third-order valence-corrected chi connectivity index (χ3v) is 6.40. The summed E-state index contributed by atoms with van der Waals surface area (Å²) in [7, 11) is 0. The monoisotopic (exact) mass is 431 g/mol. The van der Waals surface area contributed by atoms with Crippen molar-refractivity contribution in [2.24, 2.45) is 4.99 Å². The van der Waals surface area contributed by atoms with Crippen molar-refractivity contribution in [2.45, 2.75) is 72.1 Å². The van der Waals surface area contributed by atoms with E-state index in [4.69, 9.17) is 9.73 Å². The van der Waals surface area contributed by atoms with E-state index < -0.39 is 0 Å². The van der Waals surface area contributed by atoms with Gasteiger partial charge in [-0.3, -0.25) is 4.99 Å². The van der Waals surface area contributed by atoms with E-state index in [0.29, 0.717) is 5.76 Å². The Kier molecular flexibility index (Phi) is 8.72. The molecule has 1 aliphatic carbocycles. The minimum atomic E-state index is 0.205. The van der Waals surface area contributed by atoms with E-state index in [1.165, 1.54) is 28.7 Å². The van der Waals surface area contributed by atoms with Gasteiger partial charge in [-0.25, -0.2) is 0 Å². The molecule has 0 bridgehead atoms. The van der Waals surface area contributed by atoms with E-state index in [-0.39, 0.29) is 12.5 Å². The molecule has 0 amide bonds. The van der Waals surface area contributed by atoms with Crippen LogP contribution in [0.1, 0.15) is 74.1 Å². The maximum Gasteiger partial charge on any atom is 0.145 e. The molecule has 32 heavy (non-hydrogen) atoms. The Morgan fingerprint density at radius 2 is 1.88 bits per heavy atom. The van der Waals surface area contributed by atoms with Crippen molar-refractivity contribution < 1.29 is 9.84 Å². The molecule has 1 aliphatic rings. The van der Waals surface area contributed by atoms with E-state index in [2.05, 4.69) is 57.2 Å². The first kappa shape index (κ1) is 23.8. The molecule has 1 atom stereocenters. The Morgan fingerprint density at radius 3 is 2.50 bits per heavy atom. The average molecular weight is 432 g/mol. The summed E-state index contributed by atoms with van der Waals surface area (Å²) < 4.78 is 5.80. The van der Waals surface area contributed by atoms with E-state index in [0.717, 1.165) is 49.1 Å². The van der Waals surface area contributed by atoms with Crippen molar-refractivity contribution in [2.75, 3.05) is 6.61 Å². The van der Waals surface area contributed by atoms with Crippen LogP contribution in [0.15, 0.2) is 70.6 Å². The Hall–Kier alpha value is -2.81. The lowest BCUT2D eigenvalue weighted by Gasteiger charge is -2.22.